The van der Waals surface area contributed by atoms with E-state index in [9.17, 15) is 0 Å². The number of anilines is 3. The molecule has 10 aromatic rings. The Labute approximate surface area is 327 Å². The zero-order valence-electron chi connectivity index (χ0n) is 30.7. The smallest absolute Gasteiger partial charge is 0.0714 e. The highest BCUT2D eigenvalue weighted by molar-refractivity contribution is 6.25. The zero-order valence-corrected chi connectivity index (χ0v) is 30.7. The summed E-state index contributed by atoms with van der Waals surface area (Å²) in [6.45, 7) is 0. The van der Waals surface area contributed by atoms with Crippen LogP contribution in [0.4, 0.5) is 17.1 Å². The maximum Gasteiger partial charge on any atom is 0.0714 e. The lowest BCUT2D eigenvalue weighted by Crippen LogP contribution is -2.28. The second-order valence-electron chi connectivity index (χ2n) is 14.7. The van der Waals surface area contributed by atoms with Gasteiger partial charge in [0.15, 0.2) is 0 Å². The van der Waals surface area contributed by atoms with Crippen molar-refractivity contribution in [1.82, 2.24) is 0 Å². The minimum Gasteiger partial charge on any atom is -0.310 e. The van der Waals surface area contributed by atoms with E-state index in [0.29, 0.717) is 0 Å². The van der Waals surface area contributed by atoms with Gasteiger partial charge in [-0.1, -0.05) is 170 Å². The Hall–Kier alpha value is -7.40. The molecular weight excluding hydrogens is 675 g/mol. The van der Waals surface area contributed by atoms with Gasteiger partial charge in [-0.25, -0.2) is 0 Å². The van der Waals surface area contributed by atoms with Crippen molar-refractivity contribution in [3.63, 3.8) is 0 Å². The maximum absolute atomic E-state index is 3.12. The van der Waals surface area contributed by atoms with Crippen molar-refractivity contribution in [2.45, 2.75) is 5.41 Å². The van der Waals surface area contributed by atoms with E-state index in [1.54, 1.807) is 0 Å². The molecule has 1 aliphatic carbocycles. The molecule has 0 N–H and O–H groups in total. The minimum atomic E-state index is -0.501. The standard InChI is InChI=1S/C55H35N/c1-4-16-38(17-5-1)39-28-30-42(31-29-39)56(43-32-34-49-47-24-11-10-22-45(47)46-23-12-13-25-48(46)52(49)36-43)44-33-35-51-50-26-14-15-27-53(50)55(54(51)37-44,40-18-6-2-7-19-40)41-20-8-3-9-21-41/h2-4,6-37H. The van der Waals surface area contributed by atoms with E-state index < -0.39 is 5.41 Å². The zero-order chi connectivity index (χ0) is 37.1. The molecule has 56 heavy (non-hydrogen) atoms. The van der Waals surface area contributed by atoms with Gasteiger partial charge in [0.2, 0.25) is 0 Å². The van der Waals surface area contributed by atoms with E-state index in [-0.39, 0.29) is 0 Å². The minimum absolute atomic E-state index is 0.501. The van der Waals surface area contributed by atoms with Crippen molar-refractivity contribution < 1.29 is 0 Å². The van der Waals surface area contributed by atoms with Gasteiger partial charge in [0.1, 0.15) is 0 Å². The summed E-state index contributed by atoms with van der Waals surface area (Å²) in [5.41, 5.74) is 12.7. The van der Waals surface area contributed by atoms with Crippen LogP contribution in [-0.4, -0.2) is 0 Å². The normalized spacial score (nSPS) is 12.6. The summed E-state index contributed by atoms with van der Waals surface area (Å²) in [5, 5.41) is 7.57. The molecule has 0 heterocycles. The van der Waals surface area contributed by atoms with E-state index in [0.717, 1.165) is 28.2 Å². The monoisotopic (exact) mass is 709 g/mol. The molecule has 0 spiro atoms. The van der Waals surface area contributed by atoms with E-state index in [1.807, 2.05) is 12.1 Å². The maximum atomic E-state index is 3.12. The third-order valence-corrected chi connectivity index (χ3v) is 11.8. The Morgan fingerprint density at radius 1 is 0.339 bits per heavy atom. The summed E-state index contributed by atoms with van der Waals surface area (Å²) >= 11 is 0. The number of rotatable bonds is 6. The number of hydrogen-bond acceptors (Lipinski definition) is 1. The van der Waals surface area contributed by atoms with Crippen LogP contribution in [0, 0.1) is 12.1 Å². The van der Waals surface area contributed by atoms with Crippen molar-refractivity contribution >= 4 is 49.4 Å². The van der Waals surface area contributed by atoms with Crippen molar-refractivity contribution in [2.75, 3.05) is 4.90 Å². The van der Waals surface area contributed by atoms with Crippen LogP contribution in [0.2, 0.25) is 0 Å². The van der Waals surface area contributed by atoms with Gasteiger partial charge in [-0.15, -0.1) is 0 Å². The molecule has 11 rings (SSSR count). The summed E-state index contributed by atoms with van der Waals surface area (Å²) in [6, 6.07) is 83.9. The van der Waals surface area contributed by atoms with Gasteiger partial charge in [0.05, 0.1) is 5.41 Å². The average Bonchev–Trinajstić information content (AvgIpc) is 3.58. The van der Waals surface area contributed by atoms with Gasteiger partial charge in [-0.05, 0) is 131 Å². The molecule has 0 aliphatic heterocycles. The average molecular weight is 710 g/mol. The van der Waals surface area contributed by atoms with Crippen molar-refractivity contribution in [3.05, 3.63) is 247 Å². The quantitative estimate of drug-likeness (QED) is 0.155. The molecule has 1 heteroatoms. The molecule has 0 fully saturated rings. The number of nitrogens with zero attached hydrogens (tertiary/aromatic N) is 1. The van der Waals surface area contributed by atoms with Crippen molar-refractivity contribution in [2.24, 2.45) is 0 Å². The molecule has 0 atom stereocenters. The van der Waals surface area contributed by atoms with Crippen LogP contribution >= 0.6 is 0 Å². The fourth-order valence-corrected chi connectivity index (χ4v) is 9.38. The summed E-state index contributed by atoms with van der Waals surface area (Å²) in [4.78, 5) is 2.43. The highest BCUT2D eigenvalue weighted by Gasteiger charge is 2.46. The van der Waals surface area contributed by atoms with Gasteiger partial charge in [0, 0.05) is 17.1 Å². The second-order valence-corrected chi connectivity index (χ2v) is 14.7. The SMILES string of the molecule is c1ccc(-c2ccc(N(c3ccc4c(c3)C(c3ccccc3)(c3ccccc3)c3ccccc3-4)c3ccc4c5ccccc5c5ccccc5c4c3)cc2)cc#1. The molecule has 1 nitrogen and oxygen atoms in total. The Morgan fingerprint density at radius 3 is 1.50 bits per heavy atom. The van der Waals surface area contributed by atoms with Crippen LogP contribution < -0.4 is 4.90 Å². The highest BCUT2D eigenvalue weighted by Crippen LogP contribution is 2.57. The summed E-state index contributed by atoms with van der Waals surface area (Å²) in [7, 11) is 0. The van der Waals surface area contributed by atoms with E-state index >= 15 is 0 Å². The molecule has 0 saturated carbocycles. The van der Waals surface area contributed by atoms with Gasteiger partial charge in [0.25, 0.3) is 0 Å². The molecule has 0 saturated heterocycles. The van der Waals surface area contributed by atoms with Gasteiger partial charge < -0.3 is 4.90 Å². The molecule has 260 valence electrons. The molecule has 0 amide bonds. The highest BCUT2D eigenvalue weighted by atomic mass is 15.1. The lowest BCUT2D eigenvalue weighted by atomic mass is 9.67. The van der Waals surface area contributed by atoms with Gasteiger partial charge in [-0.2, -0.15) is 0 Å². The fraction of sp³-hybridized carbons (Fsp3) is 0.0182. The van der Waals surface area contributed by atoms with Crippen LogP contribution in [-0.2, 0) is 5.41 Å². The van der Waals surface area contributed by atoms with Gasteiger partial charge >= 0.3 is 0 Å². The van der Waals surface area contributed by atoms with E-state index in [4.69, 9.17) is 0 Å². The first-order valence-corrected chi connectivity index (χ1v) is 19.3. The lowest BCUT2D eigenvalue weighted by molar-refractivity contribution is 0.768. The third-order valence-electron chi connectivity index (χ3n) is 11.8. The number of fused-ring (bicyclic) bond motifs is 9. The second kappa shape index (κ2) is 12.9. The summed E-state index contributed by atoms with van der Waals surface area (Å²) in [5.74, 6) is 0. The third kappa shape index (κ3) is 4.83. The Balaban J connectivity index is 1.18. The van der Waals surface area contributed by atoms with E-state index in [2.05, 4.69) is 217 Å². The van der Waals surface area contributed by atoms with Gasteiger partial charge in [-0.3, -0.25) is 0 Å². The number of benzene rings is 9. The molecule has 1 aliphatic rings. The lowest BCUT2D eigenvalue weighted by Gasteiger charge is -2.35. The topological polar surface area (TPSA) is 3.24 Å². The molecule has 0 unspecified atom stereocenters. The predicted molar refractivity (Wildman–Crippen MR) is 234 cm³/mol. The molecule has 0 radical (unpaired) electrons. The predicted octanol–water partition coefficient (Wildman–Crippen LogP) is 14.2. The first-order chi connectivity index (χ1) is 27.8. The van der Waals surface area contributed by atoms with Crippen LogP contribution in [0.5, 0.6) is 0 Å². The molecule has 0 aromatic heterocycles. The molecule has 10 aromatic carbocycles. The van der Waals surface area contributed by atoms with Crippen LogP contribution in [0.25, 0.3) is 54.6 Å². The molecule has 0 bridgehead atoms. The number of hydrogen-bond donors (Lipinski definition) is 0. The first-order valence-electron chi connectivity index (χ1n) is 19.3. The Morgan fingerprint density at radius 2 is 0.857 bits per heavy atom. The Bertz CT molecular complexity index is 2980. The first kappa shape index (κ1) is 32.1. The summed E-state index contributed by atoms with van der Waals surface area (Å²) < 4.78 is 0. The fourth-order valence-electron chi connectivity index (χ4n) is 9.38. The van der Waals surface area contributed by atoms with E-state index in [1.165, 1.54) is 65.7 Å². The van der Waals surface area contributed by atoms with Crippen molar-refractivity contribution in [3.8, 4) is 22.3 Å². The van der Waals surface area contributed by atoms with Crippen LogP contribution in [0.1, 0.15) is 22.3 Å². The van der Waals surface area contributed by atoms with Crippen LogP contribution in [0.3, 0.4) is 0 Å². The Kier molecular flexibility index (Phi) is 7.37. The largest absolute Gasteiger partial charge is 0.310 e. The van der Waals surface area contributed by atoms with Crippen LogP contribution in [0.15, 0.2) is 212 Å². The van der Waals surface area contributed by atoms with Crippen molar-refractivity contribution in [1.29, 1.82) is 0 Å². The summed E-state index contributed by atoms with van der Waals surface area (Å²) in [6.07, 6.45) is 0. The molecular formula is C55H35N.